The van der Waals surface area contributed by atoms with E-state index in [1.165, 1.54) is 48.8 Å². The van der Waals surface area contributed by atoms with Crippen molar-refractivity contribution in [1.29, 1.82) is 5.41 Å². The lowest BCUT2D eigenvalue weighted by Crippen LogP contribution is -2.43. The van der Waals surface area contributed by atoms with E-state index in [4.69, 9.17) is 5.41 Å². The molecule has 0 aliphatic carbocycles. The third-order valence-corrected chi connectivity index (χ3v) is 5.03. The first kappa shape index (κ1) is 20.5. The van der Waals surface area contributed by atoms with Gasteiger partial charge >= 0.3 is 6.18 Å². The van der Waals surface area contributed by atoms with Gasteiger partial charge in [0.25, 0.3) is 0 Å². The quantitative estimate of drug-likeness (QED) is 0.259. The standard InChI is InChI=1S/C22H16F4N4O/c23-15-2-4-16(5-3-15)30-19-6-1-14(9-13(19)10-27)21(31,22(24,25)26)18-11-29-20-12-28-8-7-17(18)20/h1-12,27,29-31H. The zero-order valence-electron chi connectivity index (χ0n) is 15.8. The summed E-state index contributed by atoms with van der Waals surface area (Å²) in [5.74, 6) is -0.433. The molecule has 2 aromatic carbocycles. The molecule has 9 heteroatoms. The molecule has 0 spiro atoms. The van der Waals surface area contributed by atoms with Crippen LogP contribution in [0.25, 0.3) is 10.9 Å². The van der Waals surface area contributed by atoms with Crippen LogP contribution >= 0.6 is 0 Å². The van der Waals surface area contributed by atoms with Crippen molar-refractivity contribution in [1.82, 2.24) is 9.97 Å². The SMILES string of the molecule is N=Cc1cc(C(O)(c2c[nH]c3cnccc23)C(F)(F)F)ccc1Nc1ccc(F)cc1. The maximum absolute atomic E-state index is 14.2. The van der Waals surface area contributed by atoms with E-state index in [-0.39, 0.29) is 16.5 Å². The van der Waals surface area contributed by atoms with Gasteiger partial charge in [0.05, 0.1) is 11.7 Å². The van der Waals surface area contributed by atoms with E-state index in [9.17, 15) is 22.7 Å². The summed E-state index contributed by atoms with van der Waals surface area (Å²) in [5.41, 5.74) is -2.84. The lowest BCUT2D eigenvalue weighted by Gasteiger charge is -2.31. The number of benzene rings is 2. The Morgan fingerprint density at radius 2 is 1.81 bits per heavy atom. The van der Waals surface area contributed by atoms with Crippen LogP contribution in [0.4, 0.5) is 28.9 Å². The first-order valence-corrected chi connectivity index (χ1v) is 9.12. The van der Waals surface area contributed by atoms with E-state index in [1.807, 2.05) is 0 Å². The molecule has 4 rings (SSSR count). The molecular weight excluding hydrogens is 412 g/mol. The molecule has 4 aromatic rings. The third kappa shape index (κ3) is 3.53. The number of nitrogens with zero attached hydrogens (tertiary/aromatic N) is 1. The lowest BCUT2D eigenvalue weighted by molar-refractivity contribution is -0.247. The molecule has 4 N–H and O–H groups in total. The third-order valence-electron chi connectivity index (χ3n) is 5.03. The number of aromatic nitrogens is 2. The Hall–Kier alpha value is -3.72. The molecule has 0 bridgehead atoms. The van der Waals surface area contributed by atoms with Crippen LogP contribution in [0.1, 0.15) is 16.7 Å². The van der Waals surface area contributed by atoms with Crippen LogP contribution in [0, 0.1) is 11.2 Å². The fourth-order valence-electron chi connectivity index (χ4n) is 3.45. The highest BCUT2D eigenvalue weighted by Crippen LogP contribution is 2.47. The number of fused-ring (bicyclic) bond motifs is 1. The van der Waals surface area contributed by atoms with Gasteiger partial charge in [-0.05, 0) is 48.0 Å². The van der Waals surface area contributed by atoms with Gasteiger partial charge < -0.3 is 20.8 Å². The summed E-state index contributed by atoms with van der Waals surface area (Å²) in [7, 11) is 0. The molecule has 31 heavy (non-hydrogen) atoms. The molecule has 0 aliphatic rings. The summed E-state index contributed by atoms with van der Waals surface area (Å²) in [4.78, 5) is 6.57. The predicted octanol–water partition coefficient (Wildman–Crippen LogP) is 5.24. The highest BCUT2D eigenvalue weighted by Gasteiger charge is 2.57. The molecule has 5 nitrogen and oxygen atoms in total. The fourth-order valence-corrected chi connectivity index (χ4v) is 3.45. The van der Waals surface area contributed by atoms with Crippen LogP contribution in [0.2, 0.25) is 0 Å². The van der Waals surface area contributed by atoms with Crippen LogP contribution in [0.3, 0.4) is 0 Å². The van der Waals surface area contributed by atoms with Gasteiger partial charge in [0, 0.05) is 46.5 Å². The number of hydrogen-bond acceptors (Lipinski definition) is 4. The Morgan fingerprint density at radius 1 is 1.06 bits per heavy atom. The summed E-state index contributed by atoms with van der Waals surface area (Å²) >= 11 is 0. The number of rotatable bonds is 5. The smallest absolute Gasteiger partial charge is 0.372 e. The molecule has 1 unspecified atom stereocenters. The number of anilines is 2. The number of pyridine rings is 1. The van der Waals surface area contributed by atoms with Crippen molar-refractivity contribution in [3.05, 3.63) is 89.6 Å². The molecule has 0 fully saturated rings. The van der Waals surface area contributed by atoms with Gasteiger partial charge in [-0.15, -0.1) is 0 Å². The molecule has 158 valence electrons. The minimum absolute atomic E-state index is 0.117. The predicted molar refractivity (Wildman–Crippen MR) is 109 cm³/mol. The molecule has 1 atom stereocenters. The molecule has 2 heterocycles. The number of aliphatic hydroxyl groups is 1. The first-order valence-electron chi connectivity index (χ1n) is 9.12. The fraction of sp³-hybridized carbons (Fsp3) is 0.0909. The van der Waals surface area contributed by atoms with Crippen molar-refractivity contribution < 1.29 is 22.7 Å². The maximum atomic E-state index is 14.2. The van der Waals surface area contributed by atoms with Crippen molar-refractivity contribution in [3.63, 3.8) is 0 Å². The Balaban J connectivity index is 1.83. The normalized spacial score (nSPS) is 13.7. The zero-order chi connectivity index (χ0) is 22.2. The molecule has 0 aliphatic heterocycles. The van der Waals surface area contributed by atoms with Gasteiger partial charge in [-0.2, -0.15) is 13.2 Å². The highest BCUT2D eigenvalue weighted by atomic mass is 19.4. The van der Waals surface area contributed by atoms with Crippen LogP contribution in [0.15, 0.2) is 67.1 Å². The highest BCUT2D eigenvalue weighted by molar-refractivity contribution is 5.88. The number of hydrogen-bond donors (Lipinski definition) is 4. The number of nitrogens with one attached hydrogen (secondary N) is 3. The Labute approximate surface area is 173 Å². The Kier molecular flexibility index (Phi) is 4.98. The van der Waals surface area contributed by atoms with Crippen LogP contribution < -0.4 is 5.32 Å². The number of H-pyrrole nitrogens is 1. The average Bonchev–Trinajstić information content (AvgIpc) is 3.19. The maximum Gasteiger partial charge on any atom is 0.425 e. The molecular formula is C22H16F4N4O. The average molecular weight is 428 g/mol. The molecule has 0 radical (unpaired) electrons. The Morgan fingerprint density at radius 3 is 2.48 bits per heavy atom. The van der Waals surface area contributed by atoms with Crippen LogP contribution in [-0.4, -0.2) is 27.5 Å². The lowest BCUT2D eigenvalue weighted by atomic mass is 9.84. The van der Waals surface area contributed by atoms with Crippen molar-refractivity contribution in [2.45, 2.75) is 11.8 Å². The summed E-state index contributed by atoms with van der Waals surface area (Å²) < 4.78 is 55.8. The summed E-state index contributed by atoms with van der Waals surface area (Å²) in [6.07, 6.45) is -0.347. The van der Waals surface area contributed by atoms with Gasteiger partial charge in [0.15, 0.2) is 0 Å². The molecule has 0 saturated heterocycles. The van der Waals surface area contributed by atoms with Gasteiger partial charge in [-0.25, -0.2) is 4.39 Å². The monoisotopic (exact) mass is 428 g/mol. The molecule has 0 saturated carbocycles. The number of halogens is 4. The van der Waals surface area contributed by atoms with Crippen LogP contribution in [-0.2, 0) is 5.60 Å². The van der Waals surface area contributed by atoms with Gasteiger partial charge in [-0.1, -0.05) is 6.07 Å². The first-order chi connectivity index (χ1) is 14.7. The van der Waals surface area contributed by atoms with E-state index in [0.29, 0.717) is 16.9 Å². The second kappa shape index (κ2) is 7.51. The molecule has 2 aromatic heterocycles. The minimum atomic E-state index is -5.05. The van der Waals surface area contributed by atoms with E-state index >= 15 is 0 Å². The van der Waals surface area contributed by atoms with Gasteiger partial charge in [0.1, 0.15) is 5.82 Å². The van der Waals surface area contributed by atoms with E-state index < -0.39 is 23.2 Å². The van der Waals surface area contributed by atoms with Crippen molar-refractivity contribution in [2.24, 2.45) is 0 Å². The van der Waals surface area contributed by atoms with Crippen molar-refractivity contribution >= 4 is 28.5 Å². The van der Waals surface area contributed by atoms with Crippen molar-refractivity contribution in [2.75, 3.05) is 5.32 Å². The van der Waals surface area contributed by atoms with Gasteiger partial charge in [-0.3, -0.25) is 4.98 Å². The zero-order valence-corrected chi connectivity index (χ0v) is 15.8. The van der Waals surface area contributed by atoms with Crippen molar-refractivity contribution in [3.8, 4) is 0 Å². The summed E-state index contributed by atoms with van der Waals surface area (Å²) in [6.45, 7) is 0. The van der Waals surface area contributed by atoms with E-state index in [0.717, 1.165) is 24.5 Å². The van der Waals surface area contributed by atoms with E-state index in [1.54, 1.807) is 0 Å². The van der Waals surface area contributed by atoms with E-state index in [2.05, 4.69) is 15.3 Å². The van der Waals surface area contributed by atoms with Gasteiger partial charge in [0.2, 0.25) is 5.60 Å². The topological polar surface area (TPSA) is 84.8 Å². The van der Waals surface area contributed by atoms with Crippen LogP contribution in [0.5, 0.6) is 0 Å². The second-order valence-electron chi connectivity index (χ2n) is 6.91. The summed E-state index contributed by atoms with van der Waals surface area (Å²) in [5, 5.41) is 21.8. The Bertz CT molecular complexity index is 1250. The second-order valence-corrected chi connectivity index (χ2v) is 6.91. The summed E-state index contributed by atoms with van der Waals surface area (Å²) in [6, 6.07) is 10.4. The minimum Gasteiger partial charge on any atom is -0.372 e. The largest absolute Gasteiger partial charge is 0.425 e. The molecule has 0 amide bonds. The number of alkyl halides is 3. The number of aromatic amines is 1.